The average Bonchev–Trinajstić information content (AvgIpc) is 2.31. The minimum atomic E-state index is -2.37. The van der Waals surface area contributed by atoms with Crippen LogP contribution in [0, 0.1) is 10.1 Å². The first-order valence-corrected chi connectivity index (χ1v) is 3.92. The molecular weight excluding hydrogens is 186 g/mol. The van der Waals surface area contributed by atoms with E-state index >= 15 is 0 Å². The third-order valence-corrected chi connectivity index (χ3v) is 1.80. The van der Waals surface area contributed by atoms with Crippen molar-refractivity contribution in [2.45, 2.75) is 4.90 Å². The van der Waals surface area contributed by atoms with Crippen LogP contribution in [0.3, 0.4) is 0 Å². The lowest BCUT2D eigenvalue weighted by Crippen LogP contribution is -1.95. The van der Waals surface area contributed by atoms with Gasteiger partial charge in [-0.2, -0.15) is 4.68 Å². The molecule has 0 bridgehead atoms. The molecule has 0 amide bonds. The van der Waals surface area contributed by atoms with Crippen molar-refractivity contribution in [1.29, 1.82) is 0 Å². The topological polar surface area (TPSA) is 98.3 Å². The van der Waals surface area contributed by atoms with E-state index in [0.717, 1.165) is 10.9 Å². The fourth-order valence-electron chi connectivity index (χ4n) is 0.705. The Balaban J connectivity index is 3.26. The van der Waals surface area contributed by atoms with Gasteiger partial charge in [-0.3, -0.25) is 0 Å². The summed E-state index contributed by atoms with van der Waals surface area (Å²) in [5, 5.41) is 13.6. The molecule has 1 N–H and O–H groups in total. The van der Waals surface area contributed by atoms with Gasteiger partial charge in [0.25, 0.3) is 0 Å². The lowest BCUT2D eigenvalue weighted by Gasteiger charge is -1.88. The summed E-state index contributed by atoms with van der Waals surface area (Å²) >= 11 is -2.37. The van der Waals surface area contributed by atoms with E-state index in [1.807, 2.05) is 0 Å². The predicted molar refractivity (Wildman–Crippen MR) is 38.9 cm³/mol. The van der Waals surface area contributed by atoms with E-state index in [9.17, 15) is 14.3 Å². The Bertz CT molecular complexity index is 315. The number of nitro groups is 1. The summed E-state index contributed by atoms with van der Waals surface area (Å²) in [7, 11) is 1.43. The monoisotopic (exact) mass is 191 g/mol. The van der Waals surface area contributed by atoms with E-state index < -0.39 is 21.8 Å². The van der Waals surface area contributed by atoms with Crippen LogP contribution in [-0.4, -0.2) is 23.5 Å². The third-order valence-electron chi connectivity index (χ3n) is 1.14. The second kappa shape index (κ2) is 2.99. The SMILES string of the molecule is Cn1cc(S(=O)O)c([N+](=O)[O-])n1. The van der Waals surface area contributed by atoms with E-state index in [1.54, 1.807) is 0 Å². The molecule has 8 heteroatoms. The highest BCUT2D eigenvalue weighted by Crippen LogP contribution is 2.17. The maximum absolute atomic E-state index is 10.5. The third kappa shape index (κ3) is 1.48. The maximum Gasteiger partial charge on any atom is 0.408 e. The van der Waals surface area contributed by atoms with Crippen LogP contribution in [0.2, 0.25) is 0 Å². The van der Waals surface area contributed by atoms with E-state index in [0.29, 0.717) is 0 Å². The van der Waals surface area contributed by atoms with Crippen LogP contribution in [0.25, 0.3) is 0 Å². The normalized spacial score (nSPS) is 12.8. The molecule has 1 aromatic rings. The van der Waals surface area contributed by atoms with Crippen molar-refractivity contribution < 1.29 is 13.7 Å². The van der Waals surface area contributed by atoms with Gasteiger partial charge in [-0.1, -0.05) is 0 Å². The zero-order valence-electron chi connectivity index (χ0n) is 6.00. The molecule has 1 unspecified atom stereocenters. The van der Waals surface area contributed by atoms with Crippen LogP contribution < -0.4 is 0 Å². The van der Waals surface area contributed by atoms with Crippen molar-refractivity contribution in [2.75, 3.05) is 0 Å². The molecule has 0 aliphatic carbocycles. The van der Waals surface area contributed by atoms with Gasteiger partial charge in [-0.15, -0.1) is 0 Å². The van der Waals surface area contributed by atoms with Crippen LogP contribution >= 0.6 is 0 Å². The molecule has 66 valence electrons. The second-order valence-corrected chi connectivity index (χ2v) is 2.94. The van der Waals surface area contributed by atoms with Crippen molar-refractivity contribution in [2.24, 2.45) is 7.05 Å². The van der Waals surface area contributed by atoms with Crippen LogP contribution in [0.1, 0.15) is 0 Å². The van der Waals surface area contributed by atoms with Gasteiger partial charge in [0, 0.05) is 0 Å². The number of aromatic nitrogens is 2. The molecule has 7 nitrogen and oxygen atoms in total. The van der Waals surface area contributed by atoms with Crippen molar-refractivity contribution in [3.05, 3.63) is 16.3 Å². The van der Waals surface area contributed by atoms with Gasteiger partial charge >= 0.3 is 5.82 Å². The summed E-state index contributed by atoms with van der Waals surface area (Å²) in [5.74, 6) is -0.585. The van der Waals surface area contributed by atoms with Gasteiger partial charge in [0.05, 0.1) is 18.3 Å². The quantitative estimate of drug-likeness (QED) is 0.400. The highest BCUT2D eigenvalue weighted by atomic mass is 32.2. The largest absolute Gasteiger partial charge is 0.408 e. The number of hydrogen-bond donors (Lipinski definition) is 1. The number of rotatable bonds is 2. The lowest BCUT2D eigenvalue weighted by molar-refractivity contribution is -0.392. The Morgan fingerprint density at radius 1 is 1.83 bits per heavy atom. The van der Waals surface area contributed by atoms with Gasteiger partial charge in [0.15, 0.2) is 16.0 Å². The predicted octanol–water partition coefficient (Wildman–Crippen LogP) is -0.0911. The minimum Gasteiger partial charge on any atom is -0.358 e. The van der Waals surface area contributed by atoms with E-state index in [2.05, 4.69) is 5.10 Å². The average molecular weight is 191 g/mol. The molecule has 0 fully saturated rings. The fraction of sp³-hybridized carbons (Fsp3) is 0.250. The minimum absolute atomic E-state index is 0.289. The molecule has 1 heterocycles. The van der Waals surface area contributed by atoms with Gasteiger partial charge in [0.2, 0.25) is 0 Å². The molecule has 0 saturated heterocycles. The first kappa shape index (κ1) is 8.81. The van der Waals surface area contributed by atoms with Crippen LogP contribution in [0.4, 0.5) is 5.82 Å². The van der Waals surface area contributed by atoms with Crippen LogP contribution in [-0.2, 0) is 18.1 Å². The molecule has 0 radical (unpaired) electrons. The molecule has 1 aromatic heterocycles. The van der Waals surface area contributed by atoms with Gasteiger partial charge in [0.1, 0.15) is 0 Å². The Hall–Kier alpha value is -1.28. The van der Waals surface area contributed by atoms with E-state index in [-0.39, 0.29) is 4.90 Å². The fourth-order valence-corrected chi connectivity index (χ4v) is 1.22. The molecule has 0 saturated carbocycles. The van der Waals surface area contributed by atoms with Gasteiger partial charge in [-0.25, -0.2) is 4.21 Å². The standard InChI is InChI=1S/C4H5N3O4S/c1-6-2-3(12(10)11)4(5-6)7(8)9/h2H,1H3,(H,10,11). The molecule has 12 heavy (non-hydrogen) atoms. The molecule has 1 atom stereocenters. The second-order valence-electron chi connectivity index (χ2n) is 2.00. The van der Waals surface area contributed by atoms with Crippen molar-refractivity contribution in [3.8, 4) is 0 Å². The summed E-state index contributed by atoms with van der Waals surface area (Å²) in [6, 6.07) is 0. The molecule has 0 aromatic carbocycles. The molecule has 0 aliphatic heterocycles. The molecule has 1 rings (SSSR count). The Morgan fingerprint density at radius 3 is 2.75 bits per heavy atom. The number of hydrogen-bond acceptors (Lipinski definition) is 4. The smallest absolute Gasteiger partial charge is 0.358 e. The van der Waals surface area contributed by atoms with E-state index in [4.69, 9.17) is 4.55 Å². The number of nitrogens with zero attached hydrogens (tertiary/aromatic N) is 3. The highest BCUT2D eigenvalue weighted by molar-refractivity contribution is 7.79. The Morgan fingerprint density at radius 2 is 2.42 bits per heavy atom. The van der Waals surface area contributed by atoms with Crippen molar-refractivity contribution in [3.63, 3.8) is 0 Å². The Labute approximate surface area is 69.4 Å². The van der Waals surface area contributed by atoms with Crippen molar-refractivity contribution in [1.82, 2.24) is 9.78 Å². The first-order valence-electron chi connectivity index (χ1n) is 2.81. The van der Waals surface area contributed by atoms with E-state index in [1.165, 1.54) is 7.05 Å². The zero-order valence-corrected chi connectivity index (χ0v) is 6.82. The summed E-state index contributed by atoms with van der Waals surface area (Å²) < 4.78 is 20.2. The van der Waals surface area contributed by atoms with Crippen LogP contribution in [0.5, 0.6) is 0 Å². The Kier molecular flexibility index (Phi) is 2.20. The summed E-state index contributed by atoms with van der Waals surface area (Å²) in [6.45, 7) is 0. The summed E-state index contributed by atoms with van der Waals surface area (Å²) in [4.78, 5) is 9.13. The first-order chi connectivity index (χ1) is 5.52. The van der Waals surface area contributed by atoms with Gasteiger partial charge in [-0.05, 0) is 4.92 Å². The summed E-state index contributed by atoms with van der Waals surface area (Å²) in [5.41, 5.74) is 0. The highest BCUT2D eigenvalue weighted by Gasteiger charge is 2.23. The summed E-state index contributed by atoms with van der Waals surface area (Å²) in [6.07, 6.45) is 1.13. The zero-order chi connectivity index (χ0) is 9.30. The number of aryl methyl sites for hydroxylation is 1. The van der Waals surface area contributed by atoms with Crippen molar-refractivity contribution >= 4 is 16.9 Å². The molecule has 0 spiro atoms. The molecule has 0 aliphatic rings. The molecular formula is C4H5N3O4S. The van der Waals surface area contributed by atoms with Gasteiger partial charge < -0.3 is 14.7 Å². The van der Waals surface area contributed by atoms with Crippen LogP contribution in [0.15, 0.2) is 11.1 Å². The lowest BCUT2D eigenvalue weighted by atomic mass is 10.6. The maximum atomic E-state index is 10.5.